The summed E-state index contributed by atoms with van der Waals surface area (Å²) in [5.74, 6) is -0.237. The maximum absolute atomic E-state index is 13.3. The van der Waals surface area contributed by atoms with E-state index in [1.807, 2.05) is 6.08 Å². The van der Waals surface area contributed by atoms with Crippen molar-refractivity contribution in [1.82, 2.24) is 5.32 Å². The van der Waals surface area contributed by atoms with Gasteiger partial charge in [0.15, 0.2) is 12.6 Å². The van der Waals surface area contributed by atoms with Crippen molar-refractivity contribution in [1.29, 1.82) is 0 Å². The summed E-state index contributed by atoms with van der Waals surface area (Å²) < 4.78 is 22.8. The molecule has 14 nitrogen and oxygen atoms in total. The quantitative estimate of drug-likeness (QED) is 0.0204. The zero-order chi connectivity index (χ0) is 54.6. The van der Waals surface area contributed by atoms with E-state index in [9.17, 15) is 45.6 Å². The Morgan fingerprint density at radius 2 is 0.840 bits per heavy atom. The normalized spacial score (nSPS) is 25.1. The van der Waals surface area contributed by atoms with E-state index in [2.05, 4.69) is 31.3 Å². The van der Waals surface area contributed by atoms with Gasteiger partial charge in [-0.3, -0.25) is 4.79 Å². The first-order valence-electron chi connectivity index (χ1n) is 31.1. The lowest BCUT2D eigenvalue weighted by Crippen LogP contribution is -2.65. The highest BCUT2D eigenvalue weighted by Gasteiger charge is 2.51. The van der Waals surface area contributed by atoms with Crippen LogP contribution in [0.5, 0.6) is 0 Å². The number of amides is 1. The van der Waals surface area contributed by atoms with Crippen molar-refractivity contribution in [2.45, 2.75) is 338 Å². The first kappa shape index (κ1) is 69.6. The number of ether oxygens (including phenoxy) is 4. The Balaban J connectivity index is 1.74. The Hall–Kier alpha value is -1.53. The third-order valence-electron chi connectivity index (χ3n) is 15.4. The van der Waals surface area contributed by atoms with Gasteiger partial charge in [0.25, 0.3) is 0 Å². The van der Waals surface area contributed by atoms with Crippen LogP contribution in [-0.2, 0) is 23.7 Å². The molecule has 0 aromatic heterocycles. The summed E-state index contributed by atoms with van der Waals surface area (Å²) >= 11 is 0. The molecule has 2 aliphatic heterocycles. The molecule has 9 N–H and O–H groups in total. The van der Waals surface area contributed by atoms with Gasteiger partial charge in [0.1, 0.15) is 48.8 Å². The molecule has 2 saturated heterocycles. The van der Waals surface area contributed by atoms with Gasteiger partial charge < -0.3 is 65.1 Å². The lowest BCUT2D eigenvalue weighted by molar-refractivity contribution is -0.359. The number of allylic oxidation sites excluding steroid dienone is 3. The van der Waals surface area contributed by atoms with Crippen molar-refractivity contribution in [3.63, 3.8) is 0 Å². The molecule has 2 aliphatic rings. The maximum Gasteiger partial charge on any atom is 0.220 e. The summed E-state index contributed by atoms with van der Waals surface area (Å²) in [5.41, 5.74) is 0. The van der Waals surface area contributed by atoms with E-state index in [-0.39, 0.29) is 18.9 Å². The van der Waals surface area contributed by atoms with Gasteiger partial charge >= 0.3 is 0 Å². The van der Waals surface area contributed by atoms with Crippen molar-refractivity contribution in [3.8, 4) is 0 Å². The number of nitrogens with one attached hydrogen (secondary N) is 1. The van der Waals surface area contributed by atoms with E-state index in [0.29, 0.717) is 6.42 Å². The average Bonchev–Trinajstić information content (AvgIpc) is 3.41. The SMILES string of the molecule is CCCCCCCCCC/C=C\CCCCCCCCCCCCCC(=O)NC(COC1OC(CO)C(OC2OC(CO)C(O)C(O)C2O)C(O)C1O)C(O)/C=C/CCCCCCCCCCCCCCCCCC. The predicted molar refractivity (Wildman–Crippen MR) is 300 cm³/mol. The van der Waals surface area contributed by atoms with Crippen LogP contribution in [0.15, 0.2) is 24.3 Å². The highest BCUT2D eigenvalue weighted by molar-refractivity contribution is 5.76. The molecule has 0 spiro atoms. The Morgan fingerprint density at radius 3 is 1.27 bits per heavy atom. The molecular formula is C61H115NO13. The number of carbonyl (C=O) groups excluding carboxylic acids is 1. The summed E-state index contributed by atoms with van der Waals surface area (Å²) in [7, 11) is 0. The van der Waals surface area contributed by atoms with Gasteiger partial charge in [0.05, 0.1) is 32.0 Å². The summed E-state index contributed by atoms with van der Waals surface area (Å²) in [4.78, 5) is 13.3. The number of unbranched alkanes of at least 4 members (excludes halogenated alkanes) is 35. The van der Waals surface area contributed by atoms with Crippen LogP contribution in [0.2, 0.25) is 0 Å². The van der Waals surface area contributed by atoms with Crippen LogP contribution in [0.1, 0.15) is 264 Å². The number of aliphatic hydroxyl groups excluding tert-OH is 8. The lowest BCUT2D eigenvalue weighted by atomic mass is 9.97. The molecular weight excluding hydrogens is 955 g/mol. The number of aliphatic hydroxyl groups is 8. The first-order chi connectivity index (χ1) is 36.6. The van der Waals surface area contributed by atoms with Gasteiger partial charge in [0, 0.05) is 6.42 Å². The second-order valence-electron chi connectivity index (χ2n) is 22.2. The van der Waals surface area contributed by atoms with E-state index in [1.54, 1.807) is 6.08 Å². The zero-order valence-electron chi connectivity index (χ0n) is 47.6. The molecule has 2 rings (SSSR count). The molecule has 0 radical (unpaired) electrons. The van der Waals surface area contributed by atoms with E-state index in [4.69, 9.17) is 18.9 Å². The van der Waals surface area contributed by atoms with Gasteiger partial charge in [0.2, 0.25) is 5.91 Å². The fourth-order valence-electron chi connectivity index (χ4n) is 10.3. The fourth-order valence-corrected chi connectivity index (χ4v) is 10.3. The van der Waals surface area contributed by atoms with Crippen molar-refractivity contribution in [2.75, 3.05) is 19.8 Å². The van der Waals surface area contributed by atoms with E-state index in [1.165, 1.54) is 199 Å². The van der Waals surface area contributed by atoms with Crippen LogP contribution >= 0.6 is 0 Å². The number of hydrogen-bond acceptors (Lipinski definition) is 13. The summed E-state index contributed by atoms with van der Waals surface area (Å²) in [5, 5.41) is 87.2. The highest BCUT2D eigenvalue weighted by atomic mass is 16.7. The number of hydrogen-bond donors (Lipinski definition) is 9. The van der Waals surface area contributed by atoms with E-state index < -0.39 is 86.8 Å². The molecule has 0 saturated carbocycles. The van der Waals surface area contributed by atoms with Gasteiger partial charge in [-0.25, -0.2) is 0 Å². The van der Waals surface area contributed by atoms with Crippen molar-refractivity contribution >= 4 is 5.91 Å². The zero-order valence-corrected chi connectivity index (χ0v) is 47.6. The van der Waals surface area contributed by atoms with Gasteiger partial charge in [-0.1, -0.05) is 237 Å². The molecule has 0 aliphatic carbocycles. The minimum absolute atomic E-state index is 0.237. The minimum atomic E-state index is -1.79. The van der Waals surface area contributed by atoms with Crippen LogP contribution < -0.4 is 5.32 Å². The van der Waals surface area contributed by atoms with Crippen LogP contribution in [0, 0.1) is 0 Å². The van der Waals surface area contributed by atoms with Crippen LogP contribution in [0.4, 0.5) is 0 Å². The largest absolute Gasteiger partial charge is 0.394 e. The molecule has 12 unspecified atom stereocenters. The molecule has 2 heterocycles. The monoisotopic (exact) mass is 1070 g/mol. The maximum atomic E-state index is 13.3. The summed E-state index contributed by atoms with van der Waals surface area (Å²) in [6.45, 7) is 2.83. The molecule has 0 aromatic rings. The molecule has 75 heavy (non-hydrogen) atoms. The summed E-state index contributed by atoms with van der Waals surface area (Å²) in [6.07, 6.45) is 39.3. The first-order valence-corrected chi connectivity index (χ1v) is 31.1. The molecule has 442 valence electrons. The molecule has 2 fully saturated rings. The lowest BCUT2D eigenvalue weighted by Gasteiger charge is -2.46. The Labute approximate surface area is 456 Å². The highest BCUT2D eigenvalue weighted by Crippen LogP contribution is 2.30. The molecule has 14 heteroatoms. The van der Waals surface area contributed by atoms with Crippen molar-refractivity contribution in [3.05, 3.63) is 24.3 Å². The third-order valence-corrected chi connectivity index (χ3v) is 15.4. The molecule has 0 bridgehead atoms. The van der Waals surface area contributed by atoms with Gasteiger partial charge in [-0.05, 0) is 44.9 Å². The van der Waals surface area contributed by atoms with E-state index >= 15 is 0 Å². The van der Waals surface area contributed by atoms with Crippen molar-refractivity contribution < 1.29 is 64.6 Å². The third kappa shape index (κ3) is 33.0. The minimum Gasteiger partial charge on any atom is -0.394 e. The smallest absolute Gasteiger partial charge is 0.220 e. The van der Waals surface area contributed by atoms with Crippen LogP contribution in [0.25, 0.3) is 0 Å². The van der Waals surface area contributed by atoms with Crippen LogP contribution in [0.3, 0.4) is 0 Å². The van der Waals surface area contributed by atoms with Crippen molar-refractivity contribution in [2.24, 2.45) is 0 Å². The Kier molecular flexibility index (Phi) is 43.9. The van der Waals surface area contributed by atoms with Gasteiger partial charge in [-0.2, -0.15) is 0 Å². The molecule has 12 atom stereocenters. The number of carbonyl (C=O) groups is 1. The average molecular weight is 1070 g/mol. The fraction of sp³-hybridized carbons (Fsp3) is 0.918. The Morgan fingerprint density at radius 1 is 0.467 bits per heavy atom. The summed E-state index contributed by atoms with van der Waals surface area (Å²) in [6, 6.07) is -0.913. The molecule has 1 amide bonds. The molecule has 0 aromatic carbocycles. The second-order valence-corrected chi connectivity index (χ2v) is 22.2. The standard InChI is InChI=1S/C61H115NO13/c1-3-5-7-9-11-13-15-17-19-21-23-24-25-26-27-29-31-33-35-37-39-41-43-45-53(66)62-49(50(65)44-42-40-38-36-34-32-30-28-22-20-18-16-14-12-10-8-6-4-2)48-72-60-58(71)56(69)59(52(47-64)74-60)75-61-57(70)55(68)54(67)51(46-63)73-61/h21,23,42,44,49-52,54-61,63-65,67-71H,3-20,22,24-41,43,45-48H2,1-2H3,(H,62,66)/b23-21-,44-42+. The van der Waals surface area contributed by atoms with E-state index in [0.717, 1.165) is 38.5 Å². The van der Waals surface area contributed by atoms with Gasteiger partial charge in [-0.15, -0.1) is 0 Å². The Bertz CT molecular complexity index is 1350. The topological polar surface area (TPSA) is 228 Å². The predicted octanol–water partition coefficient (Wildman–Crippen LogP) is 10.8. The van der Waals surface area contributed by atoms with Crippen LogP contribution in [-0.4, -0.2) is 140 Å². The number of rotatable bonds is 50. The second kappa shape index (κ2) is 47.3.